The average molecular weight is 289 g/mol. The van der Waals surface area contributed by atoms with Gasteiger partial charge in [-0.2, -0.15) is 5.26 Å². The van der Waals surface area contributed by atoms with E-state index in [1.54, 1.807) is 19.2 Å². The fourth-order valence-corrected chi connectivity index (χ4v) is 2.51. The van der Waals surface area contributed by atoms with Gasteiger partial charge in [0.15, 0.2) is 0 Å². The van der Waals surface area contributed by atoms with Crippen LogP contribution in [0, 0.1) is 28.4 Å². The van der Waals surface area contributed by atoms with E-state index >= 15 is 0 Å². The van der Waals surface area contributed by atoms with E-state index in [1.165, 1.54) is 6.07 Å². The molecule has 0 aromatic heterocycles. The average Bonchev–Trinajstić information content (AvgIpc) is 2.75. The molecule has 1 aliphatic rings. The van der Waals surface area contributed by atoms with Crippen molar-refractivity contribution in [3.8, 4) is 6.07 Å². The highest BCUT2D eigenvalue weighted by atomic mass is 16.6. The van der Waals surface area contributed by atoms with Crippen molar-refractivity contribution in [1.82, 2.24) is 4.90 Å². The maximum Gasteiger partial charge on any atom is 0.293 e. The minimum Gasteiger partial charge on any atom is -0.378 e. The van der Waals surface area contributed by atoms with Crippen LogP contribution < -0.4 is 5.32 Å². The van der Waals surface area contributed by atoms with Gasteiger partial charge in [-0.3, -0.25) is 15.0 Å². The van der Waals surface area contributed by atoms with Crippen molar-refractivity contribution in [2.75, 3.05) is 19.5 Å². The van der Waals surface area contributed by atoms with E-state index in [4.69, 9.17) is 10.00 Å². The highest BCUT2D eigenvalue weighted by Gasteiger charge is 2.37. The Morgan fingerprint density at radius 3 is 2.90 bits per heavy atom. The number of likely N-dealkylation sites (tertiary alicyclic amines) is 1. The number of hydrogen-bond donors (Lipinski definition) is 1. The minimum absolute atomic E-state index is 0.0740. The number of anilines is 1. The zero-order valence-electron chi connectivity index (χ0n) is 11.9. The maximum absolute atomic E-state index is 11.2. The molecule has 21 heavy (non-hydrogen) atoms. The Kier molecular flexibility index (Phi) is 4.40. The molecule has 0 bridgehead atoms. The Labute approximate surface area is 123 Å². The van der Waals surface area contributed by atoms with Gasteiger partial charge in [-0.25, -0.2) is 0 Å². The number of likely N-dealkylation sites (N-methyl/N-ethyl adjacent to an activating group) is 1. The van der Waals surface area contributed by atoms with Crippen LogP contribution in [0.4, 0.5) is 11.4 Å². The van der Waals surface area contributed by atoms with Gasteiger partial charge < -0.3 is 10.1 Å². The highest BCUT2D eigenvalue weighted by molar-refractivity contribution is 5.64. The second kappa shape index (κ2) is 6.08. The Morgan fingerprint density at radius 2 is 2.33 bits per heavy atom. The molecule has 1 aliphatic heterocycles. The van der Waals surface area contributed by atoms with Crippen molar-refractivity contribution in [2.24, 2.45) is 0 Å². The van der Waals surface area contributed by atoms with Crippen LogP contribution in [0.2, 0.25) is 0 Å². The standard InChI is InChI=1S/C14H17N4O3/c1-9-6-13(21-3)14(17(9)2)16-11-5-4-10(8-15)7-12(11)18(19)20/h4-5,7,9,13-14,16H,1,6H2,2-3H3/t9-,13-,14?/m1/s1. The van der Waals surface area contributed by atoms with Crippen LogP contribution in [0.1, 0.15) is 12.0 Å². The lowest BCUT2D eigenvalue weighted by Crippen LogP contribution is -2.41. The Hall–Kier alpha value is -2.17. The summed E-state index contributed by atoms with van der Waals surface area (Å²) in [5.74, 6) is 0. The lowest BCUT2D eigenvalue weighted by Gasteiger charge is -2.27. The van der Waals surface area contributed by atoms with E-state index in [0.29, 0.717) is 5.69 Å². The third-order valence-corrected chi connectivity index (χ3v) is 3.80. The van der Waals surface area contributed by atoms with Crippen LogP contribution in [0.5, 0.6) is 0 Å². The van der Waals surface area contributed by atoms with E-state index in [2.05, 4.69) is 12.2 Å². The summed E-state index contributed by atoms with van der Waals surface area (Å²) in [4.78, 5) is 12.6. The summed E-state index contributed by atoms with van der Waals surface area (Å²) >= 11 is 0. The highest BCUT2D eigenvalue weighted by Crippen LogP contribution is 2.31. The molecule has 0 aliphatic carbocycles. The smallest absolute Gasteiger partial charge is 0.293 e. The van der Waals surface area contributed by atoms with Gasteiger partial charge in [-0.15, -0.1) is 0 Å². The molecule has 0 spiro atoms. The van der Waals surface area contributed by atoms with Gasteiger partial charge in [0.2, 0.25) is 0 Å². The number of nitro groups is 1. The first-order chi connectivity index (χ1) is 9.97. The van der Waals surface area contributed by atoms with Crippen LogP contribution in [0.25, 0.3) is 0 Å². The lowest BCUT2D eigenvalue weighted by atomic mass is 10.1. The number of methoxy groups -OCH3 is 1. The van der Waals surface area contributed by atoms with Gasteiger partial charge in [0.1, 0.15) is 11.9 Å². The summed E-state index contributed by atoms with van der Waals surface area (Å²) in [6.45, 7) is 4.02. The van der Waals surface area contributed by atoms with E-state index in [-0.39, 0.29) is 29.6 Å². The van der Waals surface area contributed by atoms with Gasteiger partial charge in [-0.1, -0.05) is 0 Å². The third-order valence-electron chi connectivity index (χ3n) is 3.80. The van der Waals surface area contributed by atoms with Crippen molar-refractivity contribution < 1.29 is 9.66 Å². The summed E-state index contributed by atoms with van der Waals surface area (Å²) in [6.07, 6.45) is 0.436. The summed E-state index contributed by atoms with van der Waals surface area (Å²) in [7, 11) is 3.50. The first-order valence-electron chi connectivity index (χ1n) is 6.50. The second-order valence-electron chi connectivity index (χ2n) is 5.02. The molecule has 1 heterocycles. The molecule has 1 N–H and O–H groups in total. The van der Waals surface area contributed by atoms with Crippen LogP contribution in [-0.2, 0) is 4.74 Å². The van der Waals surface area contributed by atoms with Crippen LogP contribution in [-0.4, -0.2) is 42.3 Å². The quantitative estimate of drug-likeness (QED) is 0.670. The lowest BCUT2D eigenvalue weighted by molar-refractivity contribution is -0.384. The van der Waals surface area contributed by atoms with Crippen molar-refractivity contribution in [3.05, 3.63) is 40.8 Å². The zero-order valence-corrected chi connectivity index (χ0v) is 11.9. The fourth-order valence-electron chi connectivity index (χ4n) is 2.51. The summed E-state index contributed by atoms with van der Waals surface area (Å²) in [5.41, 5.74) is 0.502. The molecule has 0 saturated carbocycles. The van der Waals surface area contributed by atoms with Gasteiger partial charge in [0, 0.05) is 19.2 Å². The van der Waals surface area contributed by atoms with E-state index in [9.17, 15) is 10.1 Å². The number of hydrogen-bond acceptors (Lipinski definition) is 6. The van der Waals surface area contributed by atoms with E-state index in [0.717, 1.165) is 6.42 Å². The van der Waals surface area contributed by atoms with Gasteiger partial charge in [-0.05, 0) is 32.5 Å². The normalized spacial score (nSPS) is 25.5. The minimum atomic E-state index is -0.498. The molecule has 7 heteroatoms. The van der Waals surface area contributed by atoms with Crippen molar-refractivity contribution in [1.29, 1.82) is 5.26 Å². The van der Waals surface area contributed by atoms with E-state index < -0.39 is 4.92 Å². The molecular formula is C14H17N4O3. The largest absolute Gasteiger partial charge is 0.378 e. The molecule has 1 unspecified atom stereocenters. The molecule has 1 fully saturated rings. The van der Waals surface area contributed by atoms with E-state index in [1.807, 2.05) is 18.0 Å². The number of rotatable bonds is 4. The SMILES string of the molecule is [CH2][C@@H]1C[C@@H](OC)C(Nc2ccc(C#N)cc2[N+](=O)[O-])N1C. The molecule has 7 nitrogen and oxygen atoms in total. The molecule has 0 amide bonds. The molecule has 1 radical (unpaired) electrons. The first-order valence-corrected chi connectivity index (χ1v) is 6.50. The number of nitrogens with zero attached hydrogens (tertiary/aromatic N) is 3. The number of nitrogens with one attached hydrogen (secondary N) is 1. The van der Waals surface area contributed by atoms with Crippen molar-refractivity contribution in [3.63, 3.8) is 0 Å². The Balaban J connectivity index is 2.31. The molecule has 3 atom stereocenters. The molecule has 111 valence electrons. The summed E-state index contributed by atoms with van der Waals surface area (Å²) in [5, 5.41) is 23.1. The number of nitro benzene ring substituents is 1. The third kappa shape index (κ3) is 2.96. The fraction of sp³-hybridized carbons (Fsp3) is 0.429. The van der Waals surface area contributed by atoms with Gasteiger partial charge in [0.25, 0.3) is 5.69 Å². The predicted octanol–water partition coefficient (Wildman–Crippen LogP) is 1.76. The first kappa shape index (κ1) is 15.2. The van der Waals surface area contributed by atoms with Crippen LogP contribution >= 0.6 is 0 Å². The Morgan fingerprint density at radius 1 is 1.62 bits per heavy atom. The predicted molar refractivity (Wildman–Crippen MR) is 77.5 cm³/mol. The molecular weight excluding hydrogens is 272 g/mol. The molecule has 1 aromatic carbocycles. The van der Waals surface area contributed by atoms with Crippen molar-refractivity contribution >= 4 is 11.4 Å². The maximum atomic E-state index is 11.2. The van der Waals surface area contributed by atoms with Crippen LogP contribution in [0.15, 0.2) is 18.2 Å². The summed E-state index contributed by atoms with van der Waals surface area (Å²) in [6, 6.07) is 6.34. The topological polar surface area (TPSA) is 91.4 Å². The molecule has 2 rings (SSSR count). The molecule has 1 aromatic rings. The Bertz CT molecular complexity index is 584. The van der Waals surface area contributed by atoms with Crippen LogP contribution in [0.3, 0.4) is 0 Å². The second-order valence-corrected chi connectivity index (χ2v) is 5.02. The van der Waals surface area contributed by atoms with Crippen molar-refractivity contribution in [2.45, 2.75) is 24.7 Å². The monoisotopic (exact) mass is 289 g/mol. The molecule has 1 saturated heterocycles. The number of ether oxygens (including phenoxy) is 1. The number of benzene rings is 1. The van der Waals surface area contributed by atoms with Gasteiger partial charge in [0.05, 0.1) is 22.7 Å². The van der Waals surface area contributed by atoms with Gasteiger partial charge >= 0.3 is 0 Å². The number of nitriles is 1. The summed E-state index contributed by atoms with van der Waals surface area (Å²) < 4.78 is 5.42. The zero-order chi connectivity index (χ0) is 15.6.